The summed E-state index contributed by atoms with van der Waals surface area (Å²) in [7, 11) is 1.62. The molecule has 2 amide bonds. The smallest absolute Gasteiger partial charge is 0.242 e. The number of halogens is 1. The lowest BCUT2D eigenvalue weighted by atomic mass is 10.1. The van der Waals surface area contributed by atoms with E-state index in [0.29, 0.717) is 26.0 Å². The molecule has 32 heavy (non-hydrogen) atoms. The average Bonchev–Trinajstić information content (AvgIpc) is 2.81. The van der Waals surface area contributed by atoms with Gasteiger partial charge in [-0.05, 0) is 68.7 Å². The summed E-state index contributed by atoms with van der Waals surface area (Å²) in [6, 6.07) is 14.6. The molecule has 2 rings (SSSR count). The summed E-state index contributed by atoms with van der Waals surface area (Å²) < 4.78 is 11.8. The van der Waals surface area contributed by atoms with Gasteiger partial charge in [-0.15, -0.1) is 0 Å². The fraction of sp³-hybridized carbons (Fsp3) is 0.440. The standard InChI is InChI=1S/C25H33BrN2O4/c1-5-18(2)27-25(30)19(3)28(17-20-8-10-21(26)11-9-20)24(29)7-6-16-32-23-14-12-22(31-4)13-15-23/h8-15,18-19H,5-7,16-17H2,1-4H3,(H,27,30)/t18-,19+/m1/s1. The molecular weight excluding hydrogens is 472 g/mol. The van der Waals surface area contributed by atoms with E-state index >= 15 is 0 Å². The normalized spacial score (nSPS) is 12.5. The zero-order chi connectivity index (χ0) is 23.5. The number of benzene rings is 2. The number of carbonyl (C=O) groups is 2. The van der Waals surface area contributed by atoms with Gasteiger partial charge in [0, 0.05) is 23.5 Å². The van der Waals surface area contributed by atoms with Crippen LogP contribution in [0.2, 0.25) is 0 Å². The van der Waals surface area contributed by atoms with Gasteiger partial charge in [0.2, 0.25) is 11.8 Å². The molecule has 0 saturated heterocycles. The fourth-order valence-electron chi connectivity index (χ4n) is 3.06. The lowest BCUT2D eigenvalue weighted by Gasteiger charge is -2.29. The van der Waals surface area contributed by atoms with Gasteiger partial charge >= 0.3 is 0 Å². The number of carbonyl (C=O) groups excluding carboxylic acids is 2. The molecule has 7 heteroatoms. The van der Waals surface area contributed by atoms with Crippen LogP contribution < -0.4 is 14.8 Å². The molecule has 2 aromatic rings. The molecule has 0 aromatic heterocycles. The van der Waals surface area contributed by atoms with E-state index in [1.54, 1.807) is 18.9 Å². The molecule has 1 N–H and O–H groups in total. The molecule has 0 radical (unpaired) electrons. The Kier molecular flexibility index (Phi) is 10.5. The van der Waals surface area contributed by atoms with E-state index < -0.39 is 6.04 Å². The van der Waals surface area contributed by atoms with Gasteiger partial charge in [0.1, 0.15) is 17.5 Å². The fourth-order valence-corrected chi connectivity index (χ4v) is 3.33. The predicted molar refractivity (Wildman–Crippen MR) is 130 cm³/mol. The molecule has 2 aromatic carbocycles. The van der Waals surface area contributed by atoms with Crippen LogP contribution in [-0.2, 0) is 16.1 Å². The highest BCUT2D eigenvalue weighted by Crippen LogP contribution is 2.18. The largest absolute Gasteiger partial charge is 0.497 e. The second-order valence-electron chi connectivity index (χ2n) is 7.77. The number of nitrogens with one attached hydrogen (secondary N) is 1. The van der Waals surface area contributed by atoms with Gasteiger partial charge in [-0.3, -0.25) is 9.59 Å². The third-order valence-electron chi connectivity index (χ3n) is 5.30. The van der Waals surface area contributed by atoms with Crippen LogP contribution in [-0.4, -0.2) is 42.5 Å². The highest BCUT2D eigenvalue weighted by atomic mass is 79.9. The Hall–Kier alpha value is -2.54. The van der Waals surface area contributed by atoms with Crippen LogP contribution in [0.1, 0.15) is 45.6 Å². The molecule has 0 saturated carbocycles. The van der Waals surface area contributed by atoms with Crippen LogP contribution in [0.25, 0.3) is 0 Å². The topological polar surface area (TPSA) is 67.9 Å². The number of methoxy groups -OCH3 is 1. The minimum Gasteiger partial charge on any atom is -0.497 e. The summed E-state index contributed by atoms with van der Waals surface area (Å²) in [5, 5.41) is 2.98. The Morgan fingerprint density at radius 2 is 1.66 bits per heavy atom. The van der Waals surface area contributed by atoms with E-state index in [2.05, 4.69) is 21.2 Å². The SMILES string of the molecule is CC[C@@H](C)NC(=O)[C@H](C)N(Cc1ccc(Br)cc1)C(=O)CCCOc1ccc(OC)cc1. The third kappa shape index (κ3) is 8.19. The van der Waals surface area contributed by atoms with Gasteiger partial charge in [-0.25, -0.2) is 0 Å². The van der Waals surface area contributed by atoms with Gasteiger partial charge in [0.15, 0.2) is 0 Å². The summed E-state index contributed by atoms with van der Waals surface area (Å²) in [6.45, 7) is 6.55. The van der Waals surface area contributed by atoms with Crippen molar-refractivity contribution in [2.45, 2.75) is 58.7 Å². The number of ether oxygens (including phenoxy) is 2. The van der Waals surface area contributed by atoms with E-state index in [1.807, 2.05) is 62.4 Å². The van der Waals surface area contributed by atoms with Gasteiger partial charge in [-0.2, -0.15) is 0 Å². The third-order valence-corrected chi connectivity index (χ3v) is 5.83. The van der Waals surface area contributed by atoms with Gasteiger partial charge in [-0.1, -0.05) is 35.0 Å². The lowest BCUT2D eigenvalue weighted by molar-refractivity contribution is -0.141. The maximum Gasteiger partial charge on any atom is 0.242 e. The number of rotatable bonds is 12. The van der Waals surface area contributed by atoms with Crippen LogP contribution in [0.15, 0.2) is 53.0 Å². The van der Waals surface area contributed by atoms with Crippen molar-refractivity contribution < 1.29 is 19.1 Å². The Labute approximate surface area is 199 Å². The monoisotopic (exact) mass is 504 g/mol. The maximum absolute atomic E-state index is 13.1. The summed E-state index contributed by atoms with van der Waals surface area (Å²) in [5.41, 5.74) is 0.972. The quantitative estimate of drug-likeness (QED) is 0.415. The van der Waals surface area contributed by atoms with E-state index in [9.17, 15) is 9.59 Å². The Morgan fingerprint density at radius 3 is 2.25 bits per heavy atom. The van der Waals surface area contributed by atoms with Crippen molar-refractivity contribution in [3.8, 4) is 11.5 Å². The Morgan fingerprint density at radius 1 is 1.03 bits per heavy atom. The van der Waals surface area contributed by atoms with E-state index in [1.165, 1.54) is 0 Å². The van der Waals surface area contributed by atoms with Crippen molar-refractivity contribution in [3.63, 3.8) is 0 Å². The molecule has 0 bridgehead atoms. The number of nitrogens with zero attached hydrogens (tertiary/aromatic N) is 1. The predicted octanol–water partition coefficient (Wildman–Crippen LogP) is 4.95. The molecule has 0 aliphatic carbocycles. The molecule has 0 aliphatic heterocycles. The molecule has 0 unspecified atom stereocenters. The van der Waals surface area contributed by atoms with Crippen molar-refractivity contribution in [1.29, 1.82) is 0 Å². The minimum atomic E-state index is -0.567. The van der Waals surface area contributed by atoms with Crippen LogP contribution in [0.4, 0.5) is 0 Å². The van der Waals surface area contributed by atoms with E-state index in [4.69, 9.17) is 9.47 Å². The van der Waals surface area contributed by atoms with Crippen LogP contribution in [0.3, 0.4) is 0 Å². The van der Waals surface area contributed by atoms with Crippen molar-refractivity contribution in [2.75, 3.05) is 13.7 Å². The molecule has 2 atom stereocenters. The first-order valence-electron chi connectivity index (χ1n) is 10.9. The van der Waals surface area contributed by atoms with Crippen molar-refractivity contribution >= 4 is 27.7 Å². The van der Waals surface area contributed by atoms with Crippen molar-refractivity contribution in [1.82, 2.24) is 10.2 Å². The van der Waals surface area contributed by atoms with Crippen LogP contribution >= 0.6 is 15.9 Å². The summed E-state index contributed by atoms with van der Waals surface area (Å²) >= 11 is 3.43. The van der Waals surface area contributed by atoms with Crippen molar-refractivity contribution in [3.05, 3.63) is 58.6 Å². The second kappa shape index (κ2) is 13.1. The summed E-state index contributed by atoms with van der Waals surface area (Å²) in [5.74, 6) is 1.28. The average molecular weight is 505 g/mol. The first kappa shape index (κ1) is 25.7. The Balaban J connectivity index is 1.98. The first-order valence-corrected chi connectivity index (χ1v) is 11.7. The molecule has 0 fully saturated rings. The maximum atomic E-state index is 13.1. The minimum absolute atomic E-state index is 0.0625. The molecule has 0 heterocycles. The Bertz CT molecular complexity index is 855. The van der Waals surface area contributed by atoms with Gasteiger partial charge in [0.05, 0.1) is 13.7 Å². The molecular formula is C25H33BrN2O4. The highest BCUT2D eigenvalue weighted by Gasteiger charge is 2.26. The van der Waals surface area contributed by atoms with Gasteiger partial charge < -0.3 is 19.7 Å². The number of amides is 2. The van der Waals surface area contributed by atoms with E-state index in [-0.39, 0.29) is 17.9 Å². The molecule has 174 valence electrons. The molecule has 6 nitrogen and oxygen atoms in total. The van der Waals surface area contributed by atoms with E-state index in [0.717, 1.165) is 28.0 Å². The number of hydrogen-bond donors (Lipinski definition) is 1. The lowest BCUT2D eigenvalue weighted by Crippen LogP contribution is -2.49. The van der Waals surface area contributed by atoms with Crippen LogP contribution in [0, 0.1) is 0 Å². The second-order valence-corrected chi connectivity index (χ2v) is 8.69. The van der Waals surface area contributed by atoms with Crippen LogP contribution in [0.5, 0.6) is 11.5 Å². The van der Waals surface area contributed by atoms with Gasteiger partial charge in [0.25, 0.3) is 0 Å². The van der Waals surface area contributed by atoms with Crippen molar-refractivity contribution in [2.24, 2.45) is 0 Å². The molecule has 0 aliphatic rings. The summed E-state index contributed by atoms with van der Waals surface area (Å²) in [4.78, 5) is 27.4. The summed E-state index contributed by atoms with van der Waals surface area (Å²) in [6.07, 6.45) is 1.69. The first-order chi connectivity index (χ1) is 15.3. The molecule has 0 spiro atoms. The number of hydrogen-bond acceptors (Lipinski definition) is 4. The zero-order valence-corrected chi connectivity index (χ0v) is 20.9. The highest BCUT2D eigenvalue weighted by molar-refractivity contribution is 9.10. The zero-order valence-electron chi connectivity index (χ0n) is 19.3.